The van der Waals surface area contributed by atoms with Crippen LogP contribution in [0.3, 0.4) is 0 Å². The summed E-state index contributed by atoms with van der Waals surface area (Å²) in [4.78, 5) is 16.9. The monoisotopic (exact) mass is 312 g/mol. The van der Waals surface area contributed by atoms with Crippen LogP contribution in [-0.4, -0.2) is 58.2 Å². The number of hydrogen-bond acceptors (Lipinski definition) is 3. The summed E-state index contributed by atoms with van der Waals surface area (Å²) in [5.41, 5.74) is 3.71. The number of aryl methyl sites for hydroxylation is 2. The van der Waals surface area contributed by atoms with Crippen LogP contribution in [0.4, 0.5) is 0 Å². The van der Waals surface area contributed by atoms with Crippen molar-refractivity contribution >= 4 is 5.91 Å². The molecule has 1 aliphatic heterocycles. The zero-order valence-corrected chi connectivity index (χ0v) is 14.1. The first kappa shape index (κ1) is 15.7. The second-order valence-electron chi connectivity index (χ2n) is 6.14. The molecule has 1 saturated heterocycles. The smallest absolute Gasteiger partial charge is 0.274 e. The summed E-state index contributed by atoms with van der Waals surface area (Å²) in [6, 6.07) is 10.1. The van der Waals surface area contributed by atoms with E-state index in [1.165, 1.54) is 5.56 Å². The minimum absolute atomic E-state index is 0.0368. The summed E-state index contributed by atoms with van der Waals surface area (Å²) in [5.74, 6) is 0.0368. The Morgan fingerprint density at radius 3 is 2.35 bits per heavy atom. The molecule has 0 radical (unpaired) electrons. The maximum Gasteiger partial charge on any atom is 0.274 e. The van der Waals surface area contributed by atoms with E-state index in [4.69, 9.17) is 0 Å². The van der Waals surface area contributed by atoms with Crippen LogP contribution >= 0.6 is 0 Å². The molecule has 1 aromatic carbocycles. The normalized spacial score (nSPS) is 15.9. The van der Waals surface area contributed by atoms with Gasteiger partial charge in [0.15, 0.2) is 5.69 Å². The molecule has 0 aliphatic carbocycles. The van der Waals surface area contributed by atoms with Crippen molar-refractivity contribution < 1.29 is 4.79 Å². The average molecular weight is 312 g/mol. The van der Waals surface area contributed by atoms with Gasteiger partial charge < -0.3 is 9.80 Å². The molecule has 1 aliphatic rings. The molecule has 23 heavy (non-hydrogen) atoms. The SMILES string of the molecule is CCN1CCN(C(=O)c2cc(C)n(-c3ccc(C)cc3)n2)CC1. The number of carbonyl (C=O) groups is 1. The minimum atomic E-state index is 0.0368. The highest BCUT2D eigenvalue weighted by Gasteiger charge is 2.23. The number of likely N-dealkylation sites (N-methyl/N-ethyl adjacent to an activating group) is 1. The van der Waals surface area contributed by atoms with Gasteiger partial charge in [0.1, 0.15) is 0 Å². The topological polar surface area (TPSA) is 41.4 Å². The summed E-state index contributed by atoms with van der Waals surface area (Å²) in [6.07, 6.45) is 0. The van der Waals surface area contributed by atoms with Gasteiger partial charge in [-0.25, -0.2) is 4.68 Å². The van der Waals surface area contributed by atoms with Crippen molar-refractivity contribution in [1.29, 1.82) is 0 Å². The molecule has 0 bridgehead atoms. The highest BCUT2D eigenvalue weighted by molar-refractivity contribution is 5.92. The third kappa shape index (κ3) is 3.29. The van der Waals surface area contributed by atoms with Gasteiger partial charge in [-0.05, 0) is 38.6 Å². The summed E-state index contributed by atoms with van der Waals surface area (Å²) < 4.78 is 1.84. The first-order valence-electron chi connectivity index (χ1n) is 8.24. The number of amides is 1. The maximum absolute atomic E-state index is 12.7. The van der Waals surface area contributed by atoms with Gasteiger partial charge in [-0.15, -0.1) is 0 Å². The van der Waals surface area contributed by atoms with Gasteiger partial charge >= 0.3 is 0 Å². The van der Waals surface area contributed by atoms with E-state index in [1.807, 2.05) is 34.7 Å². The zero-order chi connectivity index (χ0) is 16.4. The molecule has 0 N–H and O–H groups in total. The van der Waals surface area contributed by atoms with E-state index < -0.39 is 0 Å². The molecule has 0 spiro atoms. The quantitative estimate of drug-likeness (QED) is 0.873. The number of carbonyl (C=O) groups excluding carboxylic acids is 1. The molecule has 1 fully saturated rings. The molecule has 1 amide bonds. The van der Waals surface area contributed by atoms with Crippen molar-refractivity contribution in [3.8, 4) is 5.69 Å². The maximum atomic E-state index is 12.7. The van der Waals surface area contributed by atoms with Gasteiger partial charge in [0.2, 0.25) is 0 Å². The molecule has 0 saturated carbocycles. The van der Waals surface area contributed by atoms with Crippen molar-refractivity contribution in [1.82, 2.24) is 19.6 Å². The lowest BCUT2D eigenvalue weighted by Crippen LogP contribution is -2.48. The van der Waals surface area contributed by atoms with Crippen LogP contribution in [0.15, 0.2) is 30.3 Å². The second-order valence-corrected chi connectivity index (χ2v) is 6.14. The third-order valence-corrected chi connectivity index (χ3v) is 4.49. The van der Waals surface area contributed by atoms with Crippen LogP contribution in [-0.2, 0) is 0 Å². The number of rotatable bonds is 3. The van der Waals surface area contributed by atoms with Crippen LogP contribution in [0.5, 0.6) is 0 Å². The Hall–Kier alpha value is -2.14. The van der Waals surface area contributed by atoms with Crippen LogP contribution in [0.25, 0.3) is 5.69 Å². The van der Waals surface area contributed by atoms with Crippen LogP contribution < -0.4 is 0 Å². The van der Waals surface area contributed by atoms with E-state index in [0.29, 0.717) is 5.69 Å². The van der Waals surface area contributed by atoms with Crippen LogP contribution in [0.1, 0.15) is 28.7 Å². The first-order chi connectivity index (χ1) is 11.1. The van der Waals surface area contributed by atoms with Gasteiger partial charge in [-0.1, -0.05) is 24.6 Å². The van der Waals surface area contributed by atoms with E-state index in [9.17, 15) is 4.79 Å². The molecular formula is C18H24N4O. The molecule has 3 rings (SSSR count). The molecule has 5 heteroatoms. The summed E-state index contributed by atoms with van der Waals surface area (Å²) in [5, 5.41) is 4.54. The predicted octanol–water partition coefficient (Wildman–Crippen LogP) is 2.27. The lowest BCUT2D eigenvalue weighted by atomic mass is 10.2. The molecule has 2 aromatic rings. The Labute approximate surface area is 137 Å². The van der Waals surface area contributed by atoms with Crippen LogP contribution in [0, 0.1) is 13.8 Å². The summed E-state index contributed by atoms with van der Waals surface area (Å²) in [7, 11) is 0. The molecule has 2 heterocycles. The summed E-state index contributed by atoms with van der Waals surface area (Å²) in [6.45, 7) is 10.7. The molecule has 0 unspecified atom stereocenters. The predicted molar refractivity (Wildman–Crippen MR) is 91.1 cm³/mol. The molecule has 5 nitrogen and oxygen atoms in total. The Morgan fingerprint density at radius 2 is 1.74 bits per heavy atom. The Kier molecular flexibility index (Phi) is 4.48. The third-order valence-electron chi connectivity index (χ3n) is 4.49. The zero-order valence-electron chi connectivity index (χ0n) is 14.1. The van der Waals surface area contributed by atoms with E-state index in [-0.39, 0.29) is 5.91 Å². The average Bonchev–Trinajstić information content (AvgIpc) is 2.97. The van der Waals surface area contributed by atoms with Crippen molar-refractivity contribution in [2.45, 2.75) is 20.8 Å². The van der Waals surface area contributed by atoms with Gasteiger partial charge in [-0.3, -0.25) is 4.79 Å². The fourth-order valence-corrected chi connectivity index (χ4v) is 2.96. The van der Waals surface area contributed by atoms with E-state index >= 15 is 0 Å². The fourth-order valence-electron chi connectivity index (χ4n) is 2.96. The minimum Gasteiger partial charge on any atom is -0.335 e. The molecule has 1 aromatic heterocycles. The second kappa shape index (κ2) is 6.54. The number of benzene rings is 1. The molecular weight excluding hydrogens is 288 g/mol. The fraction of sp³-hybridized carbons (Fsp3) is 0.444. The van der Waals surface area contributed by atoms with Crippen molar-refractivity contribution in [3.63, 3.8) is 0 Å². The standard InChI is InChI=1S/C18H24N4O/c1-4-20-9-11-21(12-10-20)18(23)17-13-15(3)22(19-17)16-7-5-14(2)6-8-16/h5-8,13H,4,9-12H2,1-3H3. The number of piperazine rings is 1. The van der Waals surface area contributed by atoms with Gasteiger partial charge in [0.25, 0.3) is 5.91 Å². The molecule has 0 atom stereocenters. The van der Waals surface area contributed by atoms with Gasteiger partial charge in [-0.2, -0.15) is 5.10 Å². The van der Waals surface area contributed by atoms with Crippen LogP contribution in [0.2, 0.25) is 0 Å². The number of nitrogens with zero attached hydrogens (tertiary/aromatic N) is 4. The highest BCUT2D eigenvalue weighted by atomic mass is 16.2. The van der Waals surface area contributed by atoms with E-state index in [0.717, 1.165) is 44.1 Å². The highest BCUT2D eigenvalue weighted by Crippen LogP contribution is 2.15. The lowest BCUT2D eigenvalue weighted by molar-refractivity contribution is 0.0637. The van der Waals surface area contributed by atoms with Crippen molar-refractivity contribution in [3.05, 3.63) is 47.3 Å². The van der Waals surface area contributed by atoms with Crippen molar-refractivity contribution in [2.75, 3.05) is 32.7 Å². The Morgan fingerprint density at radius 1 is 1.09 bits per heavy atom. The lowest BCUT2D eigenvalue weighted by Gasteiger charge is -2.33. The number of aromatic nitrogens is 2. The number of hydrogen-bond donors (Lipinski definition) is 0. The first-order valence-corrected chi connectivity index (χ1v) is 8.24. The summed E-state index contributed by atoms with van der Waals surface area (Å²) >= 11 is 0. The van der Waals surface area contributed by atoms with Crippen molar-refractivity contribution in [2.24, 2.45) is 0 Å². The van der Waals surface area contributed by atoms with E-state index in [1.54, 1.807) is 0 Å². The Bertz CT molecular complexity index is 682. The largest absolute Gasteiger partial charge is 0.335 e. The van der Waals surface area contributed by atoms with E-state index in [2.05, 4.69) is 36.0 Å². The Balaban J connectivity index is 1.78. The molecule has 122 valence electrons. The van der Waals surface area contributed by atoms with Gasteiger partial charge in [0, 0.05) is 31.9 Å². The van der Waals surface area contributed by atoms with Gasteiger partial charge in [0.05, 0.1) is 5.69 Å².